The lowest BCUT2D eigenvalue weighted by atomic mass is 10.1. The van der Waals surface area contributed by atoms with Crippen LogP contribution in [0, 0.1) is 0 Å². The molecule has 0 aliphatic carbocycles. The van der Waals surface area contributed by atoms with Crippen molar-refractivity contribution in [2.45, 2.75) is 25.8 Å². The van der Waals surface area contributed by atoms with E-state index in [2.05, 4.69) is 15.1 Å². The van der Waals surface area contributed by atoms with E-state index in [1.165, 1.54) is 0 Å². The second-order valence-corrected chi connectivity index (χ2v) is 4.76. The Morgan fingerprint density at radius 3 is 2.95 bits per heavy atom. The van der Waals surface area contributed by atoms with Crippen molar-refractivity contribution in [1.29, 1.82) is 0 Å². The summed E-state index contributed by atoms with van der Waals surface area (Å²) in [7, 11) is 0. The number of fused-ring (bicyclic) bond motifs is 1. The summed E-state index contributed by atoms with van der Waals surface area (Å²) in [6.07, 6.45) is 3.27. The van der Waals surface area contributed by atoms with Crippen LogP contribution in [0.2, 0.25) is 0 Å². The van der Waals surface area contributed by atoms with E-state index in [4.69, 9.17) is 10.3 Å². The quantitative estimate of drug-likeness (QED) is 0.786. The second-order valence-electron chi connectivity index (χ2n) is 4.76. The minimum Gasteiger partial charge on any atom is -0.334 e. The molecule has 2 aromatic heterocycles. The van der Waals surface area contributed by atoms with E-state index in [0.29, 0.717) is 18.1 Å². The highest BCUT2D eigenvalue weighted by Crippen LogP contribution is 2.25. The number of nitrogens with zero attached hydrogens (tertiary/aromatic N) is 3. The van der Waals surface area contributed by atoms with Crippen molar-refractivity contribution in [3.8, 4) is 11.5 Å². The summed E-state index contributed by atoms with van der Waals surface area (Å²) in [5.74, 6) is 1.16. The SMILES string of the molecule is CCC(N)Cc1noc(-c2ccnc3ccccc23)n1. The van der Waals surface area contributed by atoms with Gasteiger partial charge in [-0.25, -0.2) is 0 Å². The first-order valence-electron chi connectivity index (χ1n) is 6.70. The van der Waals surface area contributed by atoms with Crippen LogP contribution in [0.15, 0.2) is 41.1 Å². The zero-order valence-corrected chi connectivity index (χ0v) is 11.3. The van der Waals surface area contributed by atoms with Crippen molar-refractivity contribution in [3.05, 3.63) is 42.4 Å². The van der Waals surface area contributed by atoms with Crippen molar-refractivity contribution >= 4 is 10.9 Å². The Kier molecular flexibility index (Phi) is 3.43. The molecule has 5 heteroatoms. The smallest absolute Gasteiger partial charge is 0.258 e. The highest BCUT2D eigenvalue weighted by atomic mass is 16.5. The lowest BCUT2D eigenvalue weighted by Gasteiger charge is -2.03. The van der Waals surface area contributed by atoms with Crippen LogP contribution < -0.4 is 5.73 Å². The molecule has 0 spiro atoms. The zero-order chi connectivity index (χ0) is 13.9. The summed E-state index contributed by atoms with van der Waals surface area (Å²) in [5.41, 5.74) is 7.73. The van der Waals surface area contributed by atoms with Gasteiger partial charge < -0.3 is 10.3 Å². The van der Waals surface area contributed by atoms with Crippen molar-refractivity contribution < 1.29 is 4.52 Å². The molecule has 0 fully saturated rings. The first-order chi connectivity index (χ1) is 9.78. The van der Waals surface area contributed by atoms with Gasteiger partial charge in [0.2, 0.25) is 0 Å². The summed E-state index contributed by atoms with van der Waals surface area (Å²) >= 11 is 0. The number of rotatable bonds is 4. The van der Waals surface area contributed by atoms with Crippen molar-refractivity contribution in [2.24, 2.45) is 5.73 Å². The van der Waals surface area contributed by atoms with Crippen LogP contribution in [-0.4, -0.2) is 21.2 Å². The third-order valence-electron chi connectivity index (χ3n) is 3.32. The summed E-state index contributed by atoms with van der Waals surface area (Å²) in [6.45, 7) is 2.04. The van der Waals surface area contributed by atoms with E-state index >= 15 is 0 Å². The largest absolute Gasteiger partial charge is 0.334 e. The van der Waals surface area contributed by atoms with Crippen molar-refractivity contribution in [2.75, 3.05) is 0 Å². The van der Waals surface area contributed by atoms with Gasteiger partial charge in [0.1, 0.15) is 0 Å². The topological polar surface area (TPSA) is 77.8 Å². The van der Waals surface area contributed by atoms with Gasteiger partial charge in [0, 0.05) is 24.0 Å². The van der Waals surface area contributed by atoms with Gasteiger partial charge in [-0.05, 0) is 18.6 Å². The third kappa shape index (κ3) is 2.40. The number of pyridine rings is 1. The van der Waals surface area contributed by atoms with Gasteiger partial charge in [-0.3, -0.25) is 4.98 Å². The summed E-state index contributed by atoms with van der Waals surface area (Å²) in [5, 5.41) is 5.01. The molecule has 1 aromatic carbocycles. The van der Waals surface area contributed by atoms with Gasteiger partial charge in [0.15, 0.2) is 5.82 Å². The summed E-state index contributed by atoms with van der Waals surface area (Å²) in [4.78, 5) is 8.76. The monoisotopic (exact) mass is 268 g/mol. The summed E-state index contributed by atoms with van der Waals surface area (Å²) < 4.78 is 5.36. The maximum Gasteiger partial charge on any atom is 0.258 e. The molecule has 0 saturated carbocycles. The molecule has 0 bridgehead atoms. The van der Waals surface area contributed by atoms with E-state index in [1.54, 1.807) is 6.20 Å². The maximum absolute atomic E-state index is 5.91. The zero-order valence-electron chi connectivity index (χ0n) is 11.3. The van der Waals surface area contributed by atoms with Gasteiger partial charge in [0.05, 0.1) is 11.1 Å². The van der Waals surface area contributed by atoms with Crippen LogP contribution in [0.5, 0.6) is 0 Å². The molecule has 102 valence electrons. The Hall–Kier alpha value is -2.27. The molecular formula is C15H16N4O. The van der Waals surface area contributed by atoms with Gasteiger partial charge in [0.25, 0.3) is 5.89 Å². The summed E-state index contributed by atoms with van der Waals surface area (Å²) in [6, 6.07) is 9.84. The first-order valence-corrected chi connectivity index (χ1v) is 6.70. The van der Waals surface area contributed by atoms with Crippen LogP contribution in [-0.2, 0) is 6.42 Å². The molecule has 0 radical (unpaired) electrons. The molecular weight excluding hydrogens is 252 g/mol. The fourth-order valence-electron chi connectivity index (χ4n) is 2.11. The highest BCUT2D eigenvalue weighted by Gasteiger charge is 2.13. The van der Waals surface area contributed by atoms with Gasteiger partial charge in [-0.15, -0.1) is 0 Å². The average molecular weight is 268 g/mol. The molecule has 2 N–H and O–H groups in total. The van der Waals surface area contributed by atoms with Crippen LogP contribution >= 0.6 is 0 Å². The molecule has 20 heavy (non-hydrogen) atoms. The second kappa shape index (κ2) is 5.38. The fourth-order valence-corrected chi connectivity index (χ4v) is 2.11. The number of aromatic nitrogens is 3. The molecule has 0 saturated heterocycles. The number of nitrogens with two attached hydrogens (primary N) is 1. The number of hydrogen-bond donors (Lipinski definition) is 1. The lowest BCUT2D eigenvalue weighted by molar-refractivity contribution is 0.419. The van der Waals surface area contributed by atoms with Crippen LogP contribution in [0.1, 0.15) is 19.2 Å². The minimum atomic E-state index is 0.0645. The Morgan fingerprint density at radius 1 is 1.25 bits per heavy atom. The van der Waals surface area contributed by atoms with E-state index in [9.17, 15) is 0 Å². The maximum atomic E-state index is 5.91. The Bertz CT molecular complexity index is 717. The number of para-hydroxylation sites is 1. The first kappa shape index (κ1) is 12.7. The van der Waals surface area contributed by atoms with Crippen LogP contribution in [0.4, 0.5) is 0 Å². The molecule has 0 amide bonds. The molecule has 1 unspecified atom stereocenters. The number of hydrogen-bond acceptors (Lipinski definition) is 5. The van der Waals surface area contributed by atoms with Gasteiger partial charge >= 0.3 is 0 Å². The Balaban J connectivity index is 1.99. The molecule has 3 rings (SSSR count). The molecule has 1 atom stereocenters. The van der Waals surface area contributed by atoms with E-state index < -0.39 is 0 Å². The van der Waals surface area contributed by atoms with E-state index in [0.717, 1.165) is 22.9 Å². The standard InChI is InChI=1S/C15H16N4O/c1-2-10(16)9-14-18-15(20-19-14)12-7-8-17-13-6-4-3-5-11(12)13/h3-8,10H,2,9,16H2,1H3. The van der Waals surface area contributed by atoms with Crippen LogP contribution in [0.25, 0.3) is 22.4 Å². The van der Waals surface area contributed by atoms with Gasteiger partial charge in [-0.2, -0.15) is 4.98 Å². The van der Waals surface area contributed by atoms with Crippen molar-refractivity contribution in [1.82, 2.24) is 15.1 Å². The highest BCUT2D eigenvalue weighted by molar-refractivity contribution is 5.91. The molecule has 0 aliphatic rings. The van der Waals surface area contributed by atoms with E-state index in [1.807, 2.05) is 37.3 Å². The van der Waals surface area contributed by atoms with E-state index in [-0.39, 0.29) is 6.04 Å². The van der Waals surface area contributed by atoms with Gasteiger partial charge in [-0.1, -0.05) is 30.3 Å². The average Bonchev–Trinajstić information content (AvgIpc) is 2.94. The predicted molar refractivity (Wildman–Crippen MR) is 77.0 cm³/mol. The van der Waals surface area contributed by atoms with Crippen molar-refractivity contribution in [3.63, 3.8) is 0 Å². The molecule has 5 nitrogen and oxygen atoms in total. The Morgan fingerprint density at radius 2 is 2.10 bits per heavy atom. The minimum absolute atomic E-state index is 0.0645. The lowest BCUT2D eigenvalue weighted by Crippen LogP contribution is -2.21. The predicted octanol–water partition coefficient (Wildman–Crippen LogP) is 2.56. The third-order valence-corrected chi connectivity index (χ3v) is 3.32. The molecule has 2 heterocycles. The molecule has 3 aromatic rings. The fraction of sp³-hybridized carbons (Fsp3) is 0.267. The Labute approximate surface area is 116 Å². The van der Waals surface area contributed by atoms with Crippen LogP contribution in [0.3, 0.4) is 0 Å². The molecule has 0 aliphatic heterocycles. The normalized spacial score (nSPS) is 12.7. The number of benzene rings is 1.